The Morgan fingerprint density at radius 1 is 0.583 bits per heavy atom. The molecule has 0 aromatic rings. The van der Waals surface area contributed by atoms with Gasteiger partial charge in [0.15, 0.2) is 0 Å². The second-order valence-corrected chi connectivity index (χ2v) is 16.3. The zero-order chi connectivity index (χ0) is 19.0. The molecule has 2 aliphatic rings. The quantitative estimate of drug-likeness (QED) is 0.262. The first-order chi connectivity index (χ1) is 10.5. The van der Waals surface area contributed by atoms with Crippen LogP contribution >= 0.6 is 64.4 Å². The first-order valence-corrected chi connectivity index (χ1v) is 13.3. The molecule has 138 valence electrons. The normalized spacial score (nSPS) is 30.4. The molecular formula is C16H24Cl2O2S4. The van der Waals surface area contributed by atoms with Crippen LogP contribution in [0, 0.1) is 21.7 Å². The lowest BCUT2D eigenvalue weighted by molar-refractivity contribution is -0.153. The summed E-state index contributed by atoms with van der Waals surface area (Å²) in [6.07, 6.45) is 0. The molecule has 0 N–H and O–H groups in total. The van der Waals surface area contributed by atoms with Crippen molar-refractivity contribution in [2.75, 3.05) is 0 Å². The van der Waals surface area contributed by atoms with Crippen molar-refractivity contribution in [2.24, 2.45) is 21.7 Å². The third-order valence-electron chi connectivity index (χ3n) is 5.81. The number of ketones is 2. The molecule has 0 unspecified atom stereocenters. The molecule has 24 heavy (non-hydrogen) atoms. The third-order valence-corrected chi connectivity index (χ3v) is 16.7. The Hall–Kier alpha value is 1.32. The first kappa shape index (κ1) is 21.6. The van der Waals surface area contributed by atoms with Crippen molar-refractivity contribution < 1.29 is 9.59 Å². The van der Waals surface area contributed by atoms with Crippen molar-refractivity contribution in [3.63, 3.8) is 0 Å². The SMILES string of the molecule is CC1(C)C(=O)C(C)(C)C1(Cl)SSSSC1(Cl)C(C)(C)C(=O)C1(C)C. The predicted molar refractivity (Wildman–Crippen MR) is 113 cm³/mol. The predicted octanol–water partition coefficient (Wildman–Crippen LogP) is 6.80. The Morgan fingerprint density at radius 3 is 1.00 bits per heavy atom. The average molecular weight is 448 g/mol. The second kappa shape index (κ2) is 5.91. The van der Waals surface area contributed by atoms with E-state index >= 15 is 0 Å². The van der Waals surface area contributed by atoms with E-state index in [4.69, 9.17) is 23.2 Å². The smallest absolute Gasteiger partial charge is 0.149 e. The highest BCUT2D eigenvalue weighted by Crippen LogP contribution is 2.75. The van der Waals surface area contributed by atoms with Gasteiger partial charge in [-0.1, -0.05) is 77.0 Å². The first-order valence-electron chi connectivity index (χ1n) is 7.69. The number of carbonyl (C=O) groups excluding carboxylic acids is 2. The van der Waals surface area contributed by atoms with Crippen molar-refractivity contribution in [3.8, 4) is 0 Å². The van der Waals surface area contributed by atoms with E-state index in [1.807, 2.05) is 55.4 Å². The summed E-state index contributed by atoms with van der Waals surface area (Å²) < 4.78 is -1.31. The fourth-order valence-electron chi connectivity index (χ4n) is 4.12. The van der Waals surface area contributed by atoms with Crippen molar-refractivity contribution in [1.82, 2.24) is 0 Å². The number of halogens is 2. The van der Waals surface area contributed by atoms with Gasteiger partial charge in [-0.25, -0.2) is 0 Å². The van der Waals surface area contributed by atoms with Gasteiger partial charge in [0.25, 0.3) is 0 Å². The largest absolute Gasteiger partial charge is 0.298 e. The van der Waals surface area contributed by atoms with E-state index in [1.165, 1.54) is 41.2 Å². The Labute approximate surface area is 170 Å². The summed E-state index contributed by atoms with van der Waals surface area (Å²) >= 11 is 13.7. The molecule has 0 aromatic heterocycles. The van der Waals surface area contributed by atoms with Gasteiger partial charge < -0.3 is 0 Å². The minimum absolute atomic E-state index is 0.191. The van der Waals surface area contributed by atoms with Crippen LogP contribution in [0.5, 0.6) is 0 Å². The van der Waals surface area contributed by atoms with E-state index in [0.717, 1.165) is 0 Å². The van der Waals surface area contributed by atoms with E-state index in [9.17, 15) is 9.59 Å². The third kappa shape index (κ3) is 2.35. The molecule has 2 rings (SSSR count). The van der Waals surface area contributed by atoms with E-state index in [0.29, 0.717) is 0 Å². The van der Waals surface area contributed by atoms with Crippen LogP contribution < -0.4 is 0 Å². The lowest BCUT2D eigenvalue weighted by atomic mass is 9.54. The Balaban J connectivity index is 1.99. The standard InChI is InChI=1S/C16H24Cl2O2S4/c1-11(2)9(19)12(3,4)15(11,17)21-23-24-22-16(18)13(5,6)10(20)14(16,7)8/h1-8H3. The van der Waals surface area contributed by atoms with E-state index < -0.39 is 30.1 Å². The van der Waals surface area contributed by atoms with Crippen LogP contribution in [-0.4, -0.2) is 20.0 Å². The van der Waals surface area contributed by atoms with Crippen molar-refractivity contribution in [2.45, 2.75) is 63.8 Å². The number of Topliss-reactive ketones (excluding diaryl/α,β-unsaturated/α-hetero) is 2. The molecule has 0 saturated heterocycles. The molecule has 0 aliphatic heterocycles. The van der Waals surface area contributed by atoms with Crippen molar-refractivity contribution in [1.29, 1.82) is 0 Å². The molecule has 2 aliphatic carbocycles. The number of hydrogen-bond donors (Lipinski definition) is 0. The fourth-order valence-corrected chi connectivity index (χ4v) is 14.2. The molecule has 0 radical (unpaired) electrons. The Kier molecular flexibility index (Phi) is 5.32. The van der Waals surface area contributed by atoms with Crippen LogP contribution in [0.2, 0.25) is 0 Å². The molecule has 2 nitrogen and oxygen atoms in total. The second-order valence-electron chi connectivity index (χ2n) is 8.65. The maximum Gasteiger partial charge on any atom is 0.149 e. The highest BCUT2D eigenvalue weighted by molar-refractivity contribution is 9.26. The lowest BCUT2D eigenvalue weighted by Gasteiger charge is -2.61. The maximum atomic E-state index is 12.3. The van der Waals surface area contributed by atoms with Gasteiger partial charge in [0.1, 0.15) is 20.0 Å². The molecule has 0 amide bonds. The summed E-state index contributed by atoms with van der Waals surface area (Å²) in [5, 5.41) is 0. The highest BCUT2D eigenvalue weighted by atomic mass is 35.5. The van der Waals surface area contributed by atoms with Gasteiger partial charge in [-0.3, -0.25) is 9.59 Å². The fraction of sp³-hybridized carbons (Fsp3) is 0.875. The summed E-state index contributed by atoms with van der Waals surface area (Å²) in [7, 11) is 6.11. The molecule has 0 aromatic carbocycles. The van der Waals surface area contributed by atoms with Gasteiger partial charge in [-0.2, -0.15) is 0 Å². The lowest BCUT2D eigenvalue weighted by Crippen LogP contribution is -2.69. The van der Waals surface area contributed by atoms with Gasteiger partial charge in [-0.05, 0) is 19.7 Å². The van der Waals surface area contributed by atoms with Crippen LogP contribution in [0.15, 0.2) is 0 Å². The Morgan fingerprint density at radius 2 is 0.792 bits per heavy atom. The van der Waals surface area contributed by atoms with Gasteiger partial charge >= 0.3 is 0 Å². The van der Waals surface area contributed by atoms with Gasteiger partial charge in [-0.15, -0.1) is 23.2 Å². The summed E-state index contributed by atoms with van der Waals surface area (Å²) in [6, 6.07) is 0. The molecule has 0 heterocycles. The van der Waals surface area contributed by atoms with E-state index in [2.05, 4.69) is 0 Å². The Bertz CT molecular complexity index is 511. The van der Waals surface area contributed by atoms with E-state index in [1.54, 1.807) is 0 Å². The summed E-state index contributed by atoms with van der Waals surface area (Å²) in [5.74, 6) is 0.382. The summed E-state index contributed by atoms with van der Waals surface area (Å²) in [4.78, 5) is 24.6. The number of alkyl halides is 2. The molecule has 8 heteroatoms. The van der Waals surface area contributed by atoms with Crippen LogP contribution in [0.4, 0.5) is 0 Å². The van der Waals surface area contributed by atoms with Crippen molar-refractivity contribution >= 4 is 76.0 Å². The minimum Gasteiger partial charge on any atom is -0.298 e. The molecule has 0 spiro atoms. The van der Waals surface area contributed by atoms with Crippen molar-refractivity contribution in [3.05, 3.63) is 0 Å². The summed E-state index contributed by atoms with van der Waals surface area (Å²) in [5.41, 5.74) is -2.26. The molecular weight excluding hydrogens is 423 g/mol. The van der Waals surface area contributed by atoms with Crippen LogP contribution in [0.25, 0.3) is 0 Å². The molecule has 2 saturated carbocycles. The molecule has 2 fully saturated rings. The summed E-state index contributed by atoms with van der Waals surface area (Å²) in [6.45, 7) is 15.2. The van der Waals surface area contributed by atoms with Gasteiger partial charge in [0.2, 0.25) is 0 Å². The van der Waals surface area contributed by atoms with Gasteiger partial charge in [0.05, 0.1) is 21.7 Å². The van der Waals surface area contributed by atoms with Crippen LogP contribution in [-0.2, 0) is 9.59 Å². The minimum atomic E-state index is -0.657. The monoisotopic (exact) mass is 446 g/mol. The zero-order valence-electron chi connectivity index (χ0n) is 15.2. The number of rotatable bonds is 5. The molecule has 0 bridgehead atoms. The number of hydrogen-bond acceptors (Lipinski definition) is 6. The molecule has 0 atom stereocenters. The topological polar surface area (TPSA) is 34.1 Å². The van der Waals surface area contributed by atoms with Crippen LogP contribution in [0.1, 0.15) is 55.4 Å². The average Bonchev–Trinajstić information content (AvgIpc) is 2.47. The van der Waals surface area contributed by atoms with Gasteiger partial charge in [0, 0.05) is 0 Å². The maximum absolute atomic E-state index is 12.3. The van der Waals surface area contributed by atoms with E-state index in [-0.39, 0.29) is 11.6 Å². The van der Waals surface area contributed by atoms with Crippen LogP contribution in [0.3, 0.4) is 0 Å². The number of carbonyl (C=O) groups is 2. The zero-order valence-corrected chi connectivity index (χ0v) is 20.0. The highest BCUT2D eigenvalue weighted by Gasteiger charge is 2.74.